The first-order valence-electron chi connectivity index (χ1n) is 8.24. The molecule has 0 aliphatic carbocycles. The Morgan fingerprint density at radius 2 is 1.96 bits per heavy atom. The Morgan fingerprint density at radius 1 is 1.33 bits per heavy atom. The van der Waals surface area contributed by atoms with E-state index in [9.17, 15) is 24.3 Å². The van der Waals surface area contributed by atoms with E-state index in [1.165, 1.54) is 11.8 Å². The lowest BCUT2D eigenvalue weighted by molar-refractivity contribution is -0.175. The fourth-order valence-corrected chi connectivity index (χ4v) is 5.26. The lowest BCUT2D eigenvalue weighted by atomic mass is 9.88. The standard InChI is InChI=1S/C17H20N4O5S/c1-16(2)17(15(25)26,19-8-22)21-13(24)11(14(21)27-16)20-12(23)10(18)9-6-4-3-5-7-9/h3-8,10-11,14H,18H2,1-2H3,(H,19,22)(H,20,23)(H,25,26)/t10?,11-,14+,17-/m0/s1. The molecule has 1 aromatic carbocycles. The Hall–Kier alpha value is -2.59. The third kappa shape index (κ3) is 2.67. The van der Waals surface area contributed by atoms with Crippen molar-refractivity contribution in [1.82, 2.24) is 15.5 Å². The van der Waals surface area contributed by atoms with Crippen LogP contribution in [0.15, 0.2) is 30.3 Å². The molecule has 0 saturated carbocycles. The first-order valence-corrected chi connectivity index (χ1v) is 9.12. The van der Waals surface area contributed by atoms with Gasteiger partial charge in [-0.15, -0.1) is 11.8 Å². The molecule has 9 nitrogen and oxygen atoms in total. The van der Waals surface area contributed by atoms with Crippen LogP contribution in [0.4, 0.5) is 0 Å². The number of benzene rings is 1. The molecule has 1 aromatic rings. The summed E-state index contributed by atoms with van der Waals surface area (Å²) in [6.45, 7) is 3.25. The molecule has 144 valence electrons. The third-order valence-electron chi connectivity index (χ3n) is 5.01. The number of carbonyl (C=O) groups excluding carboxylic acids is 3. The van der Waals surface area contributed by atoms with Crippen molar-refractivity contribution < 1.29 is 24.3 Å². The number of aliphatic carboxylic acids is 1. The summed E-state index contributed by atoms with van der Waals surface area (Å²) in [5.74, 6) is -2.45. The molecule has 1 unspecified atom stereocenters. The first-order chi connectivity index (χ1) is 12.7. The van der Waals surface area contributed by atoms with E-state index in [1.54, 1.807) is 44.2 Å². The summed E-state index contributed by atoms with van der Waals surface area (Å²) in [5, 5.41) is 14.0. The number of thioether (sulfide) groups is 1. The van der Waals surface area contributed by atoms with Gasteiger partial charge in [0.1, 0.15) is 17.5 Å². The number of β-lactam (4-membered cyclic amide) rings is 1. The van der Waals surface area contributed by atoms with Gasteiger partial charge in [-0.3, -0.25) is 19.3 Å². The molecule has 5 N–H and O–H groups in total. The average Bonchev–Trinajstić information content (AvgIpc) is 2.85. The number of nitrogens with zero attached hydrogens (tertiary/aromatic N) is 1. The molecule has 0 radical (unpaired) electrons. The van der Waals surface area contributed by atoms with Gasteiger partial charge in [0.15, 0.2) is 0 Å². The van der Waals surface area contributed by atoms with E-state index in [2.05, 4.69) is 10.6 Å². The highest BCUT2D eigenvalue weighted by Crippen LogP contribution is 2.55. The summed E-state index contributed by atoms with van der Waals surface area (Å²) in [6.07, 6.45) is 0.267. The maximum atomic E-state index is 12.7. The van der Waals surface area contributed by atoms with Crippen LogP contribution in [0.3, 0.4) is 0 Å². The summed E-state index contributed by atoms with van der Waals surface area (Å²) in [5.41, 5.74) is 4.67. The monoisotopic (exact) mass is 392 g/mol. The van der Waals surface area contributed by atoms with Crippen LogP contribution in [0.2, 0.25) is 0 Å². The van der Waals surface area contributed by atoms with Crippen molar-refractivity contribution in [3.8, 4) is 0 Å². The van der Waals surface area contributed by atoms with Gasteiger partial charge >= 0.3 is 5.97 Å². The molecule has 2 saturated heterocycles. The summed E-state index contributed by atoms with van der Waals surface area (Å²) in [4.78, 5) is 49.2. The number of carbonyl (C=O) groups is 4. The van der Waals surface area contributed by atoms with Crippen molar-refractivity contribution in [3.05, 3.63) is 35.9 Å². The van der Waals surface area contributed by atoms with Crippen LogP contribution in [0.5, 0.6) is 0 Å². The summed E-state index contributed by atoms with van der Waals surface area (Å²) < 4.78 is -1.01. The van der Waals surface area contributed by atoms with Crippen LogP contribution in [-0.4, -0.2) is 56.0 Å². The van der Waals surface area contributed by atoms with Crippen molar-refractivity contribution in [2.24, 2.45) is 5.73 Å². The van der Waals surface area contributed by atoms with E-state index >= 15 is 0 Å². The predicted octanol–water partition coefficient (Wildman–Crippen LogP) is -0.608. The number of rotatable bonds is 6. The second-order valence-corrected chi connectivity index (χ2v) is 8.62. The molecule has 3 rings (SSSR count). The number of hydrogen-bond donors (Lipinski definition) is 4. The lowest BCUT2D eigenvalue weighted by Gasteiger charge is -2.49. The Labute approximate surface area is 159 Å². The third-order valence-corrected chi connectivity index (χ3v) is 6.62. The summed E-state index contributed by atoms with van der Waals surface area (Å²) >= 11 is 1.20. The van der Waals surface area contributed by atoms with Crippen molar-refractivity contribution in [2.75, 3.05) is 0 Å². The van der Waals surface area contributed by atoms with Gasteiger partial charge in [-0.05, 0) is 19.4 Å². The Balaban J connectivity index is 1.81. The number of carboxylic acids is 1. The highest BCUT2D eigenvalue weighted by molar-refractivity contribution is 8.01. The zero-order chi connectivity index (χ0) is 20.0. The van der Waals surface area contributed by atoms with Gasteiger partial charge in [-0.1, -0.05) is 30.3 Å². The van der Waals surface area contributed by atoms with E-state index in [1.807, 2.05) is 0 Å². The topological polar surface area (TPSA) is 142 Å². The number of carboxylic acid groups (broad SMARTS) is 1. The van der Waals surface area contributed by atoms with Crippen molar-refractivity contribution in [2.45, 2.75) is 41.7 Å². The predicted molar refractivity (Wildman–Crippen MR) is 97.2 cm³/mol. The van der Waals surface area contributed by atoms with E-state index in [4.69, 9.17) is 5.73 Å². The molecule has 2 aliphatic heterocycles. The maximum absolute atomic E-state index is 12.7. The Bertz CT molecular complexity index is 802. The number of hydrogen-bond acceptors (Lipinski definition) is 6. The highest BCUT2D eigenvalue weighted by atomic mass is 32.2. The molecule has 3 amide bonds. The number of nitrogens with one attached hydrogen (secondary N) is 2. The fraction of sp³-hybridized carbons (Fsp3) is 0.412. The van der Waals surface area contributed by atoms with Crippen LogP contribution in [0.1, 0.15) is 25.5 Å². The van der Waals surface area contributed by atoms with Gasteiger partial charge in [-0.25, -0.2) is 4.79 Å². The smallest absolute Gasteiger partial charge is 0.352 e. The van der Waals surface area contributed by atoms with Crippen molar-refractivity contribution >= 4 is 36.0 Å². The average molecular weight is 392 g/mol. The van der Waals surface area contributed by atoms with Crippen LogP contribution in [0.25, 0.3) is 0 Å². The zero-order valence-electron chi connectivity index (χ0n) is 14.7. The minimum atomic E-state index is -1.88. The minimum absolute atomic E-state index is 0.267. The molecular weight excluding hydrogens is 372 g/mol. The fourth-order valence-electron chi connectivity index (χ4n) is 3.56. The van der Waals surface area contributed by atoms with E-state index < -0.39 is 45.7 Å². The lowest BCUT2D eigenvalue weighted by Crippen LogP contribution is -2.79. The van der Waals surface area contributed by atoms with Gasteiger partial charge in [0, 0.05) is 0 Å². The molecule has 27 heavy (non-hydrogen) atoms. The zero-order valence-corrected chi connectivity index (χ0v) is 15.5. The van der Waals surface area contributed by atoms with Crippen molar-refractivity contribution in [3.63, 3.8) is 0 Å². The van der Waals surface area contributed by atoms with Gasteiger partial charge in [-0.2, -0.15) is 0 Å². The molecule has 2 heterocycles. The molecule has 2 fully saturated rings. The van der Waals surface area contributed by atoms with Crippen LogP contribution in [0, 0.1) is 0 Å². The molecule has 10 heteroatoms. The highest BCUT2D eigenvalue weighted by Gasteiger charge is 2.73. The minimum Gasteiger partial charge on any atom is -0.478 e. The van der Waals surface area contributed by atoms with Crippen LogP contribution >= 0.6 is 11.8 Å². The number of nitrogens with two attached hydrogens (primary N) is 1. The first kappa shape index (κ1) is 19.2. The Morgan fingerprint density at radius 3 is 2.52 bits per heavy atom. The molecule has 2 aliphatic rings. The molecule has 4 atom stereocenters. The molecule has 0 spiro atoms. The van der Waals surface area contributed by atoms with Crippen molar-refractivity contribution in [1.29, 1.82) is 0 Å². The van der Waals surface area contributed by atoms with E-state index in [0.29, 0.717) is 5.56 Å². The summed E-state index contributed by atoms with van der Waals surface area (Å²) in [7, 11) is 0. The summed E-state index contributed by atoms with van der Waals surface area (Å²) in [6, 6.07) is 6.84. The molecule has 0 aromatic heterocycles. The quantitative estimate of drug-likeness (QED) is 0.374. The van der Waals surface area contributed by atoms with Gasteiger partial charge < -0.3 is 21.5 Å². The van der Waals surface area contributed by atoms with E-state index in [-0.39, 0.29) is 6.41 Å². The van der Waals surface area contributed by atoms with Gasteiger partial charge in [0.25, 0.3) is 5.91 Å². The maximum Gasteiger partial charge on any atom is 0.352 e. The van der Waals surface area contributed by atoms with Crippen LogP contribution in [-0.2, 0) is 19.2 Å². The molecular formula is C17H20N4O5S. The van der Waals surface area contributed by atoms with Crippen LogP contribution < -0.4 is 16.4 Å². The second-order valence-electron chi connectivity index (χ2n) is 6.88. The Kier molecular flexibility index (Phi) is 4.64. The largest absolute Gasteiger partial charge is 0.478 e. The number of fused-ring (bicyclic) bond motifs is 1. The second kappa shape index (κ2) is 6.54. The van der Waals surface area contributed by atoms with Gasteiger partial charge in [0.2, 0.25) is 18.0 Å². The molecule has 0 bridgehead atoms. The SMILES string of the molecule is CC1(C)S[C@@H]2[C@@H](NC(=O)C(N)c3ccccc3)C(=O)N2[C@@]1(NC=O)C(=O)O. The normalized spacial score (nSPS) is 29.3. The number of amides is 3. The van der Waals surface area contributed by atoms with Gasteiger partial charge in [0.05, 0.1) is 4.75 Å². The van der Waals surface area contributed by atoms with E-state index in [0.717, 1.165) is 4.90 Å².